The van der Waals surface area contributed by atoms with Crippen LogP contribution in [0.1, 0.15) is 52.4 Å². The van der Waals surface area contributed by atoms with Crippen LogP contribution in [0.15, 0.2) is 0 Å². The number of nitrogens with zero attached hydrogens (tertiary/aromatic N) is 1. The van der Waals surface area contributed by atoms with E-state index in [4.69, 9.17) is 0 Å². The molecule has 0 aromatic rings. The van der Waals surface area contributed by atoms with Crippen molar-refractivity contribution in [3.63, 3.8) is 0 Å². The highest BCUT2D eigenvalue weighted by molar-refractivity contribution is 7.90. The minimum absolute atomic E-state index is 0.204. The van der Waals surface area contributed by atoms with Crippen LogP contribution in [0.25, 0.3) is 0 Å². The molecule has 1 heterocycles. The van der Waals surface area contributed by atoms with E-state index in [1.54, 1.807) is 13.8 Å². The normalized spacial score (nSPS) is 32.5. The first-order valence-electron chi connectivity index (χ1n) is 8.30. The van der Waals surface area contributed by atoms with Crippen molar-refractivity contribution in [1.82, 2.24) is 9.62 Å². The molecule has 0 amide bonds. The summed E-state index contributed by atoms with van der Waals surface area (Å²) in [6, 6.07) is 0.281. The van der Waals surface area contributed by atoms with Crippen LogP contribution in [0, 0.1) is 5.92 Å². The fraction of sp³-hybridized carbons (Fsp3) is 1.00. The van der Waals surface area contributed by atoms with Crippen LogP contribution in [0.4, 0.5) is 0 Å². The minimum atomic E-state index is -3.17. The predicted octanol–water partition coefficient (Wildman–Crippen LogP) is 1.33. The Morgan fingerprint density at radius 1 is 1.19 bits per heavy atom. The van der Waals surface area contributed by atoms with Crippen LogP contribution in [-0.2, 0) is 10.0 Å². The van der Waals surface area contributed by atoms with E-state index in [1.165, 1.54) is 6.42 Å². The van der Waals surface area contributed by atoms with Crippen molar-refractivity contribution in [1.29, 1.82) is 0 Å². The summed E-state index contributed by atoms with van der Waals surface area (Å²) in [5.74, 6) is 0.362. The van der Waals surface area contributed by atoms with Gasteiger partial charge in [-0.25, -0.2) is 13.1 Å². The largest absolute Gasteiger partial charge is 0.391 e. The molecule has 0 bridgehead atoms. The summed E-state index contributed by atoms with van der Waals surface area (Å²) >= 11 is 0. The number of aliphatic hydroxyl groups excluding tert-OH is 1. The average Bonchev–Trinajstić information content (AvgIpc) is 2.46. The van der Waals surface area contributed by atoms with Crippen molar-refractivity contribution in [3.8, 4) is 0 Å². The van der Waals surface area contributed by atoms with Crippen molar-refractivity contribution < 1.29 is 13.5 Å². The molecular formula is C15H30N2O3S. The molecule has 1 aliphatic carbocycles. The summed E-state index contributed by atoms with van der Waals surface area (Å²) in [6.45, 7) is 5.87. The van der Waals surface area contributed by atoms with Crippen LogP contribution >= 0.6 is 0 Å². The topological polar surface area (TPSA) is 69.6 Å². The third-order valence-electron chi connectivity index (χ3n) is 4.91. The van der Waals surface area contributed by atoms with Gasteiger partial charge in [-0.2, -0.15) is 0 Å². The monoisotopic (exact) mass is 318 g/mol. The van der Waals surface area contributed by atoms with E-state index in [0.717, 1.165) is 45.2 Å². The Morgan fingerprint density at radius 2 is 1.90 bits per heavy atom. The zero-order valence-corrected chi connectivity index (χ0v) is 14.1. The summed E-state index contributed by atoms with van der Waals surface area (Å²) in [5.41, 5.74) is 0. The molecule has 3 unspecified atom stereocenters. The Bertz CT molecular complexity index is 425. The van der Waals surface area contributed by atoms with Crippen LogP contribution in [0.5, 0.6) is 0 Å². The number of nitrogens with one attached hydrogen (secondary N) is 1. The van der Waals surface area contributed by atoms with Gasteiger partial charge in [-0.15, -0.1) is 0 Å². The predicted molar refractivity (Wildman–Crippen MR) is 84.6 cm³/mol. The van der Waals surface area contributed by atoms with Crippen LogP contribution in [0.3, 0.4) is 0 Å². The Kier molecular flexibility index (Phi) is 6.05. The van der Waals surface area contributed by atoms with Crippen molar-refractivity contribution in [2.75, 3.05) is 19.6 Å². The number of hydrogen-bond acceptors (Lipinski definition) is 4. The zero-order chi connectivity index (χ0) is 15.5. The lowest BCUT2D eigenvalue weighted by atomic mass is 9.88. The van der Waals surface area contributed by atoms with Gasteiger partial charge in [0.2, 0.25) is 10.0 Å². The number of likely N-dealkylation sites (tertiary alicyclic amines) is 1. The van der Waals surface area contributed by atoms with Crippen LogP contribution in [0.2, 0.25) is 0 Å². The fourth-order valence-electron chi connectivity index (χ4n) is 3.48. The molecular weight excluding hydrogens is 288 g/mol. The van der Waals surface area contributed by atoms with Gasteiger partial charge in [0, 0.05) is 19.1 Å². The van der Waals surface area contributed by atoms with E-state index in [1.807, 2.05) is 0 Å². The highest BCUT2D eigenvalue weighted by Crippen LogP contribution is 2.27. The molecule has 2 rings (SSSR count). The van der Waals surface area contributed by atoms with E-state index < -0.39 is 10.0 Å². The first kappa shape index (κ1) is 17.2. The standard InChI is InChI=1S/C15H30N2O3S/c1-12(2)21(19,20)16-10-13-6-5-9-17(11-13)14-7-3-4-8-15(14)18/h12-16,18H,3-11H2,1-2H3. The molecule has 2 aliphatic rings. The van der Waals surface area contributed by atoms with Crippen LogP contribution in [-0.4, -0.2) is 55.5 Å². The maximum absolute atomic E-state index is 11.8. The molecule has 1 saturated heterocycles. The number of hydrogen-bond donors (Lipinski definition) is 2. The van der Waals surface area contributed by atoms with E-state index in [0.29, 0.717) is 12.5 Å². The molecule has 6 heteroatoms. The molecule has 0 radical (unpaired) electrons. The van der Waals surface area contributed by atoms with E-state index in [2.05, 4.69) is 9.62 Å². The van der Waals surface area contributed by atoms with Crippen molar-refractivity contribution in [3.05, 3.63) is 0 Å². The molecule has 1 aliphatic heterocycles. The Balaban J connectivity index is 1.86. The maximum atomic E-state index is 11.8. The molecule has 3 atom stereocenters. The van der Waals surface area contributed by atoms with Gasteiger partial charge in [0.05, 0.1) is 11.4 Å². The quantitative estimate of drug-likeness (QED) is 0.802. The Morgan fingerprint density at radius 3 is 2.57 bits per heavy atom. The van der Waals surface area contributed by atoms with E-state index >= 15 is 0 Å². The zero-order valence-electron chi connectivity index (χ0n) is 13.3. The summed E-state index contributed by atoms with van der Waals surface area (Å²) < 4.78 is 26.4. The molecule has 5 nitrogen and oxygen atoms in total. The van der Waals surface area contributed by atoms with Gasteiger partial charge in [-0.05, 0) is 52.0 Å². The molecule has 0 aromatic heterocycles. The van der Waals surface area contributed by atoms with Gasteiger partial charge in [-0.3, -0.25) is 4.90 Å². The van der Waals surface area contributed by atoms with Crippen LogP contribution < -0.4 is 4.72 Å². The van der Waals surface area contributed by atoms with Gasteiger partial charge >= 0.3 is 0 Å². The molecule has 2 N–H and O–H groups in total. The SMILES string of the molecule is CC(C)S(=O)(=O)NCC1CCCN(C2CCCCC2O)C1. The molecule has 1 saturated carbocycles. The first-order valence-corrected chi connectivity index (χ1v) is 9.85. The fourth-order valence-corrected chi connectivity index (χ4v) is 4.28. The van der Waals surface area contributed by atoms with Gasteiger partial charge in [0.15, 0.2) is 0 Å². The average molecular weight is 318 g/mol. The third kappa shape index (κ3) is 4.65. The smallest absolute Gasteiger partial charge is 0.213 e. The molecule has 0 aromatic carbocycles. The molecule has 21 heavy (non-hydrogen) atoms. The maximum Gasteiger partial charge on any atom is 0.213 e. The second kappa shape index (κ2) is 7.40. The summed E-state index contributed by atoms with van der Waals surface area (Å²) in [5, 5.41) is 9.81. The molecule has 2 fully saturated rings. The van der Waals surface area contributed by atoms with Gasteiger partial charge < -0.3 is 5.11 Å². The lowest BCUT2D eigenvalue weighted by Crippen LogP contribution is -2.51. The van der Waals surface area contributed by atoms with Crippen molar-refractivity contribution in [2.45, 2.75) is 69.8 Å². The van der Waals surface area contributed by atoms with Gasteiger partial charge in [0.1, 0.15) is 0 Å². The highest BCUT2D eigenvalue weighted by Gasteiger charge is 2.32. The lowest BCUT2D eigenvalue weighted by Gasteiger charge is -2.42. The molecule has 0 spiro atoms. The second-order valence-electron chi connectivity index (χ2n) is 6.86. The summed E-state index contributed by atoms with van der Waals surface area (Å²) in [6.07, 6.45) is 6.27. The highest BCUT2D eigenvalue weighted by atomic mass is 32.2. The van der Waals surface area contributed by atoms with Gasteiger partial charge in [-0.1, -0.05) is 12.8 Å². The first-order chi connectivity index (χ1) is 9.90. The number of sulfonamides is 1. The Hall–Kier alpha value is -0.170. The van der Waals surface area contributed by atoms with Crippen molar-refractivity contribution >= 4 is 10.0 Å². The van der Waals surface area contributed by atoms with E-state index in [9.17, 15) is 13.5 Å². The number of piperidine rings is 1. The summed E-state index contributed by atoms with van der Waals surface area (Å²) in [4.78, 5) is 2.39. The van der Waals surface area contributed by atoms with E-state index in [-0.39, 0.29) is 17.4 Å². The lowest BCUT2D eigenvalue weighted by molar-refractivity contribution is 0.000809. The number of rotatable bonds is 5. The minimum Gasteiger partial charge on any atom is -0.391 e. The van der Waals surface area contributed by atoms with Crippen molar-refractivity contribution in [2.24, 2.45) is 5.92 Å². The van der Waals surface area contributed by atoms with Gasteiger partial charge in [0.25, 0.3) is 0 Å². The summed E-state index contributed by atoms with van der Waals surface area (Å²) in [7, 11) is -3.17. The third-order valence-corrected chi connectivity index (χ3v) is 6.72. The molecule has 124 valence electrons. The Labute approximate surface area is 129 Å². The number of aliphatic hydroxyl groups is 1. The second-order valence-corrected chi connectivity index (χ2v) is 9.19.